The lowest BCUT2D eigenvalue weighted by Crippen LogP contribution is -2.47. The van der Waals surface area contributed by atoms with Crippen molar-refractivity contribution in [3.05, 3.63) is 0 Å². The highest BCUT2D eigenvalue weighted by Crippen LogP contribution is 2.25. The number of hydrogen-bond acceptors (Lipinski definition) is 3. The molecule has 0 heterocycles. The van der Waals surface area contributed by atoms with E-state index in [1.807, 2.05) is 0 Å². The Morgan fingerprint density at radius 3 is 2.42 bits per heavy atom. The van der Waals surface area contributed by atoms with Gasteiger partial charge in [-0.2, -0.15) is 0 Å². The van der Waals surface area contributed by atoms with E-state index in [9.17, 15) is 4.79 Å². The molecule has 2 saturated carbocycles. The van der Waals surface area contributed by atoms with Gasteiger partial charge >= 0.3 is 0 Å². The molecule has 4 nitrogen and oxygen atoms in total. The van der Waals surface area contributed by atoms with Gasteiger partial charge in [0.15, 0.2) is 0 Å². The van der Waals surface area contributed by atoms with Crippen LogP contribution in [0.5, 0.6) is 0 Å². The van der Waals surface area contributed by atoms with Crippen molar-refractivity contribution < 1.29 is 9.53 Å². The van der Waals surface area contributed by atoms with Crippen molar-refractivity contribution in [2.24, 2.45) is 5.73 Å². The van der Waals surface area contributed by atoms with Gasteiger partial charge in [0.2, 0.25) is 5.91 Å². The molecule has 2 aliphatic carbocycles. The number of ether oxygens (including phenoxy) is 1. The van der Waals surface area contributed by atoms with Crippen LogP contribution in [0, 0.1) is 0 Å². The SMILES string of the molecule is NC1(COCC(=O)NC2CCCCC2)CCCCC1. The van der Waals surface area contributed by atoms with Crippen LogP contribution in [0.2, 0.25) is 0 Å². The number of hydrogen-bond donors (Lipinski definition) is 2. The molecule has 2 fully saturated rings. The van der Waals surface area contributed by atoms with E-state index in [1.54, 1.807) is 0 Å². The fourth-order valence-electron chi connectivity index (χ4n) is 3.26. The lowest BCUT2D eigenvalue weighted by Gasteiger charge is -2.33. The Kier molecular flexibility index (Phi) is 5.64. The third-order valence-corrected chi connectivity index (χ3v) is 4.44. The van der Waals surface area contributed by atoms with Crippen LogP contribution >= 0.6 is 0 Å². The van der Waals surface area contributed by atoms with Crippen LogP contribution < -0.4 is 11.1 Å². The van der Waals surface area contributed by atoms with Crippen molar-refractivity contribution in [3.63, 3.8) is 0 Å². The molecule has 0 spiro atoms. The van der Waals surface area contributed by atoms with E-state index in [0.717, 1.165) is 25.7 Å². The van der Waals surface area contributed by atoms with Crippen molar-refractivity contribution in [2.75, 3.05) is 13.2 Å². The third-order valence-electron chi connectivity index (χ3n) is 4.44. The zero-order valence-electron chi connectivity index (χ0n) is 12.0. The fraction of sp³-hybridized carbons (Fsp3) is 0.933. The van der Waals surface area contributed by atoms with E-state index in [2.05, 4.69) is 5.32 Å². The van der Waals surface area contributed by atoms with E-state index in [0.29, 0.717) is 12.6 Å². The van der Waals surface area contributed by atoms with E-state index in [1.165, 1.54) is 38.5 Å². The molecule has 0 radical (unpaired) electrons. The number of nitrogens with two attached hydrogens (primary N) is 1. The molecule has 1 amide bonds. The molecule has 0 unspecified atom stereocenters. The Morgan fingerprint density at radius 2 is 1.74 bits per heavy atom. The van der Waals surface area contributed by atoms with Crippen LogP contribution in [0.15, 0.2) is 0 Å². The molecule has 110 valence electrons. The van der Waals surface area contributed by atoms with Crippen molar-refractivity contribution in [3.8, 4) is 0 Å². The first-order chi connectivity index (χ1) is 9.18. The highest BCUT2D eigenvalue weighted by atomic mass is 16.5. The first-order valence-corrected chi connectivity index (χ1v) is 7.84. The van der Waals surface area contributed by atoms with Crippen LogP contribution in [0.4, 0.5) is 0 Å². The summed E-state index contributed by atoms with van der Waals surface area (Å²) < 4.78 is 5.54. The van der Waals surface area contributed by atoms with Gasteiger partial charge in [0.1, 0.15) is 6.61 Å². The van der Waals surface area contributed by atoms with Crippen LogP contribution in [-0.2, 0) is 9.53 Å². The predicted molar refractivity (Wildman–Crippen MR) is 75.8 cm³/mol. The smallest absolute Gasteiger partial charge is 0.246 e. The maximum absolute atomic E-state index is 11.8. The molecule has 2 aliphatic rings. The second-order valence-corrected chi connectivity index (χ2v) is 6.32. The molecule has 0 bridgehead atoms. The molecular formula is C15H28N2O2. The number of carbonyl (C=O) groups is 1. The molecule has 0 aliphatic heterocycles. The van der Waals surface area contributed by atoms with Gasteiger partial charge in [-0.3, -0.25) is 4.79 Å². The van der Waals surface area contributed by atoms with Crippen molar-refractivity contribution >= 4 is 5.91 Å². The molecular weight excluding hydrogens is 240 g/mol. The summed E-state index contributed by atoms with van der Waals surface area (Å²) in [6, 6.07) is 0.367. The zero-order chi connectivity index (χ0) is 13.6. The van der Waals surface area contributed by atoms with Gasteiger partial charge in [-0.1, -0.05) is 38.5 Å². The van der Waals surface area contributed by atoms with E-state index in [4.69, 9.17) is 10.5 Å². The Labute approximate surface area is 116 Å². The van der Waals surface area contributed by atoms with Gasteiger partial charge < -0.3 is 15.8 Å². The van der Waals surface area contributed by atoms with E-state index >= 15 is 0 Å². The van der Waals surface area contributed by atoms with Crippen molar-refractivity contribution in [1.29, 1.82) is 0 Å². The fourth-order valence-corrected chi connectivity index (χ4v) is 3.26. The number of carbonyl (C=O) groups excluding carboxylic acids is 1. The van der Waals surface area contributed by atoms with Crippen LogP contribution in [-0.4, -0.2) is 30.7 Å². The zero-order valence-corrected chi connectivity index (χ0v) is 12.0. The van der Waals surface area contributed by atoms with Gasteiger partial charge in [0.05, 0.1) is 6.61 Å². The molecule has 4 heteroatoms. The summed E-state index contributed by atoms with van der Waals surface area (Å²) in [5, 5.41) is 3.06. The minimum Gasteiger partial charge on any atom is -0.370 e. The molecule has 0 aromatic heterocycles. The summed E-state index contributed by atoms with van der Waals surface area (Å²) in [6.07, 6.45) is 11.7. The lowest BCUT2D eigenvalue weighted by molar-refractivity contribution is -0.127. The predicted octanol–water partition coefficient (Wildman–Crippen LogP) is 2.11. The molecule has 2 rings (SSSR count). The maximum Gasteiger partial charge on any atom is 0.246 e. The highest BCUT2D eigenvalue weighted by molar-refractivity contribution is 5.77. The number of amides is 1. The summed E-state index contributed by atoms with van der Waals surface area (Å²) in [5.41, 5.74) is 6.08. The van der Waals surface area contributed by atoms with E-state index in [-0.39, 0.29) is 18.1 Å². The van der Waals surface area contributed by atoms with Crippen molar-refractivity contribution in [2.45, 2.75) is 75.8 Å². The Bertz CT molecular complexity index is 282. The maximum atomic E-state index is 11.8. The summed E-state index contributed by atoms with van der Waals surface area (Å²) in [7, 11) is 0. The summed E-state index contributed by atoms with van der Waals surface area (Å²) in [4.78, 5) is 11.8. The first-order valence-electron chi connectivity index (χ1n) is 7.84. The van der Waals surface area contributed by atoms with Crippen LogP contribution in [0.1, 0.15) is 64.2 Å². The summed E-state index contributed by atoms with van der Waals surface area (Å²) in [6.45, 7) is 0.681. The Balaban J connectivity index is 1.60. The Hall–Kier alpha value is -0.610. The second kappa shape index (κ2) is 7.25. The molecule has 0 aromatic rings. The number of rotatable bonds is 5. The topological polar surface area (TPSA) is 64.3 Å². The van der Waals surface area contributed by atoms with Crippen molar-refractivity contribution in [1.82, 2.24) is 5.32 Å². The normalized spacial score (nSPS) is 24.1. The van der Waals surface area contributed by atoms with Gasteiger partial charge in [-0.05, 0) is 25.7 Å². The molecule has 0 aromatic carbocycles. The molecule has 0 atom stereocenters. The molecule has 19 heavy (non-hydrogen) atoms. The lowest BCUT2D eigenvalue weighted by atomic mass is 9.83. The second-order valence-electron chi connectivity index (χ2n) is 6.32. The highest BCUT2D eigenvalue weighted by Gasteiger charge is 2.27. The average Bonchev–Trinajstić information content (AvgIpc) is 2.40. The van der Waals surface area contributed by atoms with E-state index < -0.39 is 0 Å². The monoisotopic (exact) mass is 268 g/mol. The standard InChI is InChI=1S/C15H28N2O2/c16-15(9-5-2-6-10-15)12-19-11-14(18)17-13-7-3-1-4-8-13/h13H,1-12,16H2,(H,17,18). The quantitative estimate of drug-likeness (QED) is 0.802. The van der Waals surface area contributed by atoms with Gasteiger partial charge in [-0.25, -0.2) is 0 Å². The number of nitrogens with one attached hydrogen (secondary N) is 1. The van der Waals surface area contributed by atoms with Crippen LogP contribution in [0.25, 0.3) is 0 Å². The molecule has 0 saturated heterocycles. The largest absolute Gasteiger partial charge is 0.370 e. The van der Waals surface area contributed by atoms with Gasteiger partial charge in [-0.15, -0.1) is 0 Å². The third kappa shape index (κ3) is 5.11. The first kappa shape index (κ1) is 14.8. The van der Waals surface area contributed by atoms with Gasteiger partial charge in [0, 0.05) is 11.6 Å². The van der Waals surface area contributed by atoms with Gasteiger partial charge in [0.25, 0.3) is 0 Å². The summed E-state index contributed by atoms with van der Waals surface area (Å²) >= 11 is 0. The molecule has 3 N–H and O–H groups in total. The average molecular weight is 268 g/mol. The van der Waals surface area contributed by atoms with Crippen LogP contribution in [0.3, 0.4) is 0 Å². The minimum absolute atomic E-state index is 0.0197. The Morgan fingerprint density at radius 1 is 1.11 bits per heavy atom. The summed E-state index contributed by atoms with van der Waals surface area (Å²) in [5.74, 6) is 0.0197. The minimum atomic E-state index is -0.191.